The number of para-hydroxylation sites is 1. The average Bonchev–Trinajstić information content (AvgIpc) is 3.39. The van der Waals surface area contributed by atoms with E-state index in [0.29, 0.717) is 31.4 Å². The first-order chi connectivity index (χ1) is 13.8. The van der Waals surface area contributed by atoms with Gasteiger partial charge in [0.2, 0.25) is 0 Å². The van der Waals surface area contributed by atoms with Gasteiger partial charge in [-0.3, -0.25) is 9.48 Å². The van der Waals surface area contributed by atoms with Crippen molar-refractivity contribution in [2.24, 2.45) is 0 Å². The fourth-order valence-corrected chi connectivity index (χ4v) is 3.56. The molecule has 5 rings (SSSR count). The number of aromatic amines is 1. The van der Waals surface area contributed by atoms with E-state index >= 15 is 0 Å². The number of carbonyl (C=O) groups excluding carboxylic acids is 1. The summed E-state index contributed by atoms with van der Waals surface area (Å²) in [6.45, 7) is 1.33. The van der Waals surface area contributed by atoms with Gasteiger partial charge in [-0.05, 0) is 24.3 Å². The van der Waals surface area contributed by atoms with E-state index in [2.05, 4.69) is 20.1 Å². The summed E-state index contributed by atoms with van der Waals surface area (Å²) < 4.78 is 7.64. The lowest BCUT2D eigenvalue weighted by Crippen LogP contribution is -2.43. The molecule has 0 saturated carbocycles. The summed E-state index contributed by atoms with van der Waals surface area (Å²) in [5.41, 5.74) is 2.51. The molecule has 1 aliphatic rings. The van der Waals surface area contributed by atoms with Crippen LogP contribution < -0.4 is 4.74 Å². The Balaban J connectivity index is 1.38. The number of amides is 1. The molecule has 0 radical (unpaired) electrons. The molecular weight excluding hydrogens is 356 g/mol. The first kappa shape index (κ1) is 16.5. The highest BCUT2D eigenvalue weighted by Crippen LogP contribution is 2.24. The zero-order chi connectivity index (χ0) is 18.9. The lowest BCUT2D eigenvalue weighted by Gasteiger charge is -2.33. The van der Waals surface area contributed by atoms with Crippen LogP contribution in [0.15, 0.2) is 61.1 Å². The van der Waals surface area contributed by atoms with Crippen LogP contribution in [0.1, 0.15) is 22.2 Å². The number of hydrogen-bond acceptors (Lipinski definition) is 5. The monoisotopic (exact) mass is 374 g/mol. The van der Waals surface area contributed by atoms with Crippen molar-refractivity contribution in [2.75, 3.05) is 13.2 Å². The molecule has 8 heteroatoms. The van der Waals surface area contributed by atoms with E-state index in [-0.39, 0.29) is 11.9 Å². The van der Waals surface area contributed by atoms with Gasteiger partial charge in [0.05, 0.1) is 12.2 Å². The summed E-state index contributed by atoms with van der Waals surface area (Å²) in [7, 11) is 0. The van der Waals surface area contributed by atoms with Crippen LogP contribution in [0, 0.1) is 0 Å². The Morgan fingerprint density at radius 3 is 2.86 bits per heavy atom. The molecular formula is C20H18N6O2. The molecule has 8 nitrogen and oxygen atoms in total. The molecule has 0 spiro atoms. The van der Waals surface area contributed by atoms with E-state index in [1.807, 2.05) is 46.0 Å². The van der Waals surface area contributed by atoms with Crippen LogP contribution in [0.4, 0.5) is 0 Å². The number of fused-ring (bicyclic) bond motifs is 2. The third-order valence-electron chi connectivity index (χ3n) is 4.88. The van der Waals surface area contributed by atoms with Crippen molar-refractivity contribution in [3.63, 3.8) is 0 Å². The van der Waals surface area contributed by atoms with Crippen LogP contribution in [-0.4, -0.2) is 48.7 Å². The lowest BCUT2D eigenvalue weighted by atomic mass is 10.2. The third-order valence-corrected chi connectivity index (χ3v) is 4.88. The fourth-order valence-electron chi connectivity index (χ4n) is 3.56. The molecule has 1 N–H and O–H groups in total. The van der Waals surface area contributed by atoms with Gasteiger partial charge in [-0.25, -0.2) is 9.97 Å². The maximum absolute atomic E-state index is 13.1. The van der Waals surface area contributed by atoms with Crippen LogP contribution in [0.25, 0.3) is 10.9 Å². The van der Waals surface area contributed by atoms with Gasteiger partial charge in [0.25, 0.3) is 5.91 Å². The molecule has 1 amide bonds. The van der Waals surface area contributed by atoms with Crippen LogP contribution in [0.5, 0.6) is 6.01 Å². The zero-order valence-corrected chi connectivity index (χ0v) is 15.0. The smallest absolute Gasteiger partial charge is 0.316 e. The molecule has 0 fully saturated rings. The summed E-state index contributed by atoms with van der Waals surface area (Å²) >= 11 is 0. The van der Waals surface area contributed by atoms with Crippen LogP contribution >= 0.6 is 0 Å². The minimum atomic E-state index is -0.115. The summed E-state index contributed by atoms with van der Waals surface area (Å²) in [5, 5.41) is 5.42. The topological polar surface area (TPSA) is 88.9 Å². The van der Waals surface area contributed by atoms with Gasteiger partial charge >= 0.3 is 6.01 Å². The molecule has 1 aromatic carbocycles. The number of carbonyl (C=O) groups is 1. The lowest BCUT2D eigenvalue weighted by molar-refractivity contribution is 0.0624. The van der Waals surface area contributed by atoms with Crippen molar-refractivity contribution in [3.8, 4) is 6.01 Å². The molecule has 3 aromatic heterocycles. The van der Waals surface area contributed by atoms with Crippen molar-refractivity contribution in [2.45, 2.75) is 12.6 Å². The highest BCUT2D eigenvalue weighted by molar-refractivity contribution is 5.98. The molecule has 1 aliphatic heterocycles. The van der Waals surface area contributed by atoms with Gasteiger partial charge in [-0.1, -0.05) is 18.2 Å². The molecule has 4 aromatic rings. The predicted molar refractivity (Wildman–Crippen MR) is 102 cm³/mol. The van der Waals surface area contributed by atoms with Gasteiger partial charge in [0, 0.05) is 36.0 Å². The third kappa shape index (κ3) is 2.98. The number of rotatable bonds is 4. The Morgan fingerprint density at radius 1 is 1.14 bits per heavy atom. The molecule has 0 saturated heterocycles. The standard InChI is InChI=1S/C20H18N6O2/c27-19(18-10-14-4-1-2-5-17(14)24-18)25-11-15-6-9-23-26(15)16(12-25)13-28-20-21-7-3-8-22-20/h1-10,16,24H,11-13H2/t16-/m0/s1. The number of aromatic nitrogens is 5. The minimum absolute atomic E-state index is 0.0374. The van der Waals surface area contributed by atoms with Crippen molar-refractivity contribution in [3.05, 3.63) is 72.4 Å². The number of nitrogens with one attached hydrogen (secondary N) is 1. The van der Waals surface area contributed by atoms with Gasteiger partial charge in [-0.15, -0.1) is 0 Å². The molecule has 1 atom stereocenters. The molecule has 0 bridgehead atoms. The molecule has 4 heterocycles. The van der Waals surface area contributed by atoms with Crippen LogP contribution in [0.2, 0.25) is 0 Å². The Labute approximate surface area is 160 Å². The van der Waals surface area contributed by atoms with Gasteiger partial charge in [0.1, 0.15) is 18.3 Å². The Hall–Kier alpha value is -3.68. The van der Waals surface area contributed by atoms with E-state index in [4.69, 9.17) is 4.74 Å². The van der Waals surface area contributed by atoms with Gasteiger partial charge in [0.15, 0.2) is 0 Å². The van der Waals surface area contributed by atoms with E-state index in [0.717, 1.165) is 16.6 Å². The summed E-state index contributed by atoms with van der Waals surface area (Å²) in [6, 6.07) is 13.6. The fraction of sp³-hybridized carbons (Fsp3) is 0.200. The SMILES string of the molecule is O=C(c1cc2ccccc2[nH]1)N1Cc2ccnn2[C@H](COc2ncccn2)C1. The van der Waals surface area contributed by atoms with Crippen LogP contribution in [0.3, 0.4) is 0 Å². The maximum Gasteiger partial charge on any atom is 0.316 e. The van der Waals surface area contributed by atoms with Gasteiger partial charge < -0.3 is 14.6 Å². The number of hydrogen-bond donors (Lipinski definition) is 1. The summed E-state index contributed by atoms with van der Waals surface area (Å²) in [5.74, 6) is -0.0374. The summed E-state index contributed by atoms with van der Waals surface area (Å²) in [6.07, 6.45) is 5.01. The predicted octanol–water partition coefficient (Wildman–Crippen LogP) is 2.43. The van der Waals surface area contributed by atoms with Crippen molar-refractivity contribution < 1.29 is 9.53 Å². The molecule has 0 unspecified atom stereocenters. The van der Waals surface area contributed by atoms with Crippen molar-refractivity contribution in [1.82, 2.24) is 29.6 Å². The average molecular weight is 374 g/mol. The zero-order valence-electron chi connectivity index (χ0n) is 15.0. The van der Waals surface area contributed by atoms with E-state index < -0.39 is 0 Å². The number of ether oxygens (including phenoxy) is 1. The number of nitrogens with zero attached hydrogens (tertiary/aromatic N) is 5. The molecule has 140 valence electrons. The minimum Gasteiger partial charge on any atom is -0.461 e. The highest BCUT2D eigenvalue weighted by Gasteiger charge is 2.30. The van der Waals surface area contributed by atoms with Crippen molar-refractivity contribution >= 4 is 16.8 Å². The number of H-pyrrole nitrogens is 1. The van der Waals surface area contributed by atoms with Gasteiger partial charge in [-0.2, -0.15) is 5.10 Å². The molecule has 28 heavy (non-hydrogen) atoms. The van der Waals surface area contributed by atoms with E-state index in [9.17, 15) is 4.79 Å². The largest absolute Gasteiger partial charge is 0.461 e. The second-order valence-corrected chi connectivity index (χ2v) is 6.72. The Bertz CT molecular complexity index is 1090. The maximum atomic E-state index is 13.1. The van der Waals surface area contributed by atoms with Crippen molar-refractivity contribution in [1.29, 1.82) is 0 Å². The van der Waals surface area contributed by atoms with E-state index in [1.54, 1.807) is 24.7 Å². The van der Waals surface area contributed by atoms with E-state index in [1.165, 1.54) is 0 Å². The Kier molecular flexibility index (Phi) is 4.01. The Morgan fingerprint density at radius 2 is 2.00 bits per heavy atom. The quantitative estimate of drug-likeness (QED) is 0.593. The molecule has 0 aliphatic carbocycles. The normalized spacial score (nSPS) is 16.1. The second kappa shape index (κ2) is 6.80. The van der Waals surface area contributed by atoms with Crippen LogP contribution in [-0.2, 0) is 6.54 Å². The second-order valence-electron chi connectivity index (χ2n) is 6.72. The highest BCUT2D eigenvalue weighted by atomic mass is 16.5. The first-order valence-electron chi connectivity index (χ1n) is 9.07. The summed E-state index contributed by atoms with van der Waals surface area (Å²) in [4.78, 5) is 26.3. The first-order valence-corrected chi connectivity index (χ1v) is 9.07. The number of benzene rings is 1.